The molecular weight excluding hydrogens is 542 g/mol. The third-order valence-corrected chi connectivity index (χ3v) is 6.85. The molecular formula is C34H37N5O4. The Hall–Kier alpha value is -5.02. The van der Waals surface area contributed by atoms with Crippen molar-refractivity contribution in [1.29, 1.82) is 0 Å². The van der Waals surface area contributed by atoms with Gasteiger partial charge in [-0.3, -0.25) is 19.4 Å². The van der Waals surface area contributed by atoms with E-state index in [1.165, 1.54) is 0 Å². The van der Waals surface area contributed by atoms with Gasteiger partial charge in [0, 0.05) is 43.9 Å². The highest BCUT2D eigenvalue weighted by Crippen LogP contribution is 2.14. The van der Waals surface area contributed by atoms with Crippen LogP contribution in [-0.2, 0) is 35.5 Å². The molecule has 3 amide bonds. The van der Waals surface area contributed by atoms with E-state index in [1.54, 1.807) is 42.7 Å². The molecule has 0 fully saturated rings. The lowest BCUT2D eigenvalue weighted by molar-refractivity contribution is -0.130. The molecule has 2 unspecified atom stereocenters. The molecule has 9 nitrogen and oxygen atoms in total. The summed E-state index contributed by atoms with van der Waals surface area (Å²) < 4.78 is 5.53. The number of rotatable bonds is 14. The van der Waals surface area contributed by atoms with Gasteiger partial charge in [0.2, 0.25) is 11.8 Å². The molecule has 0 saturated carbocycles. The number of aromatic nitrogens is 1. The Kier molecular flexibility index (Phi) is 11.4. The predicted molar refractivity (Wildman–Crippen MR) is 165 cm³/mol. The second kappa shape index (κ2) is 15.8. The number of nitrogens with two attached hydrogens (primary N) is 1. The van der Waals surface area contributed by atoms with E-state index in [0.717, 1.165) is 22.3 Å². The number of nitrogens with one attached hydrogen (secondary N) is 3. The third kappa shape index (κ3) is 9.51. The highest BCUT2D eigenvalue weighted by molar-refractivity contribution is 5.98. The maximum absolute atomic E-state index is 13.8. The van der Waals surface area contributed by atoms with Crippen molar-refractivity contribution in [3.63, 3.8) is 0 Å². The topological polar surface area (TPSA) is 135 Å². The van der Waals surface area contributed by atoms with E-state index >= 15 is 0 Å². The fourth-order valence-corrected chi connectivity index (χ4v) is 4.51. The Morgan fingerprint density at radius 3 is 2.05 bits per heavy atom. The quantitative estimate of drug-likeness (QED) is 0.181. The first-order valence-electron chi connectivity index (χ1n) is 14.3. The van der Waals surface area contributed by atoms with Gasteiger partial charge in [-0.25, -0.2) is 0 Å². The van der Waals surface area contributed by atoms with Crippen LogP contribution in [0.2, 0.25) is 0 Å². The lowest BCUT2D eigenvalue weighted by atomic mass is 10.0. The SMILES string of the molecule is CCOc1ccc(CC(NC(=O)c2ccccc2)C(=O)NC(Cc2cccnc2)C(=O)NCc2ccc(CN)cc2)cc1. The van der Waals surface area contributed by atoms with Gasteiger partial charge in [0.25, 0.3) is 5.91 Å². The zero-order chi connectivity index (χ0) is 30.4. The molecule has 3 aromatic carbocycles. The highest BCUT2D eigenvalue weighted by Gasteiger charge is 2.28. The zero-order valence-electron chi connectivity index (χ0n) is 24.2. The van der Waals surface area contributed by atoms with Crippen LogP contribution in [0.15, 0.2) is 103 Å². The molecule has 9 heteroatoms. The van der Waals surface area contributed by atoms with Gasteiger partial charge in [0.1, 0.15) is 17.8 Å². The first-order valence-corrected chi connectivity index (χ1v) is 14.3. The molecule has 43 heavy (non-hydrogen) atoms. The van der Waals surface area contributed by atoms with Gasteiger partial charge in [0.15, 0.2) is 0 Å². The first-order chi connectivity index (χ1) is 20.9. The number of amides is 3. The maximum atomic E-state index is 13.8. The molecule has 0 aliphatic rings. The van der Waals surface area contributed by atoms with Crippen molar-refractivity contribution in [3.8, 4) is 5.75 Å². The standard InChI is InChI=1S/C34H37N5O4/c1-2-43-29-16-14-24(15-17-29)19-31(38-32(40)28-8-4-3-5-9-28)34(42)39-30(20-27-7-6-18-36-22-27)33(41)37-23-26-12-10-25(21-35)11-13-26/h3-18,22,30-31H,2,19-21,23,35H2,1H3,(H,37,41)(H,38,40)(H,39,42). The Morgan fingerprint density at radius 2 is 1.40 bits per heavy atom. The number of pyridine rings is 1. The Morgan fingerprint density at radius 1 is 0.744 bits per heavy atom. The molecule has 1 heterocycles. The number of carbonyl (C=O) groups is 3. The summed E-state index contributed by atoms with van der Waals surface area (Å²) in [4.78, 5) is 44.5. The van der Waals surface area contributed by atoms with Gasteiger partial charge < -0.3 is 26.4 Å². The van der Waals surface area contributed by atoms with E-state index in [2.05, 4.69) is 20.9 Å². The fourth-order valence-electron chi connectivity index (χ4n) is 4.51. The summed E-state index contributed by atoms with van der Waals surface area (Å²) in [6.07, 6.45) is 3.74. The van der Waals surface area contributed by atoms with Crippen molar-refractivity contribution in [1.82, 2.24) is 20.9 Å². The van der Waals surface area contributed by atoms with Crippen LogP contribution in [0.25, 0.3) is 0 Å². The smallest absolute Gasteiger partial charge is 0.251 e. The minimum Gasteiger partial charge on any atom is -0.494 e. The van der Waals surface area contributed by atoms with Crippen LogP contribution >= 0.6 is 0 Å². The minimum atomic E-state index is -0.946. The fraction of sp³-hybridized carbons (Fsp3) is 0.235. The molecule has 0 spiro atoms. The summed E-state index contributed by atoms with van der Waals surface area (Å²) in [7, 11) is 0. The van der Waals surface area contributed by atoms with E-state index in [9.17, 15) is 14.4 Å². The summed E-state index contributed by atoms with van der Waals surface area (Å²) in [5.74, 6) is -0.504. The van der Waals surface area contributed by atoms with E-state index in [4.69, 9.17) is 10.5 Å². The second-order valence-electron chi connectivity index (χ2n) is 10.0. The summed E-state index contributed by atoms with van der Waals surface area (Å²) in [6.45, 7) is 3.16. The lowest BCUT2D eigenvalue weighted by Crippen LogP contribution is -2.55. The number of nitrogens with zero attached hydrogens (tertiary/aromatic N) is 1. The molecule has 222 valence electrons. The van der Waals surface area contributed by atoms with Crippen molar-refractivity contribution in [2.45, 2.75) is 44.9 Å². The maximum Gasteiger partial charge on any atom is 0.251 e. The van der Waals surface area contributed by atoms with E-state index in [0.29, 0.717) is 24.5 Å². The van der Waals surface area contributed by atoms with Crippen LogP contribution in [0.5, 0.6) is 5.75 Å². The second-order valence-corrected chi connectivity index (χ2v) is 10.0. The van der Waals surface area contributed by atoms with Crippen molar-refractivity contribution >= 4 is 17.7 Å². The molecule has 1 aromatic heterocycles. The largest absolute Gasteiger partial charge is 0.494 e. The molecule has 4 rings (SSSR count). The third-order valence-electron chi connectivity index (χ3n) is 6.85. The van der Waals surface area contributed by atoms with Crippen molar-refractivity contribution < 1.29 is 19.1 Å². The van der Waals surface area contributed by atoms with Gasteiger partial charge in [-0.2, -0.15) is 0 Å². The number of hydrogen-bond donors (Lipinski definition) is 4. The van der Waals surface area contributed by atoms with Gasteiger partial charge in [-0.1, -0.05) is 60.7 Å². The summed E-state index contributed by atoms with van der Waals surface area (Å²) in [6, 6.07) is 25.5. The first kappa shape index (κ1) is 30.9. The Labute approximate surface area is 251 Å². The van der Waals surface area contributed by atoms with E-state index in [1.807, 2.05) is 67.6 Å². The van der Waals surface area contributed by atoms with Crippen molar-refractivity contribution in [2.75, 3.05) is 6.61 Å². The molecule has 0 bridgehead atoms. The molecule has 0 radical (unpaired) electrons. The minimum absolute atomic E-state index is 0.214. The molecule has 0 saturated heterocycles. The van der Waals surface area contributed by atoms with Crippen molar-refractivity contribution in [2.24, 2.45) is 5.73 Å². The van der Waals surface area contributed by atoms with Gasteiger partial charge in [-0.15, -0.1) is 0 Å². The number of benzene rings is 3. The normalized spacial score (nSPS) is 12.0. The van der Waals surface area contributed by atoms with Crippen LogP contribution in [0.1, 0.15) is 39.5 Å². The number of ether oxygens (including phenoxy) is 1. The number of carbonyl (C=O) groups excluding carboxylic acids is 3. The summed E-state index contributed by atoms with van der Waals surface area (Å²) >= 11 is 0. The average Bonchev–Trinajstić information content (AvgIpc) is 3.05. The molecule has 0 aliphatic carbocycles. The predicted octanol–water partition coefficient (Wildman–Crippen LogP) is 3.32. The van der Waals surface area contributed by atoms with Crippen LogP contribution < -0.4 is 26.4 Å². The lowest BCUT2D eigenvalue weighted by Gasteiger charge is -2.24. The van der Waals surface area contributed by atoms with Gasteiger partial charge >= 0.3 is 0 Å². The summed E-state index contributed by atoms with van der Waals surface area (Å²) in [5, 5.41) is 8.68. The zero-order valence-corrected chi connectivity index (χ0v) is 24.2. The molecule has 2 atom stereocenters. The monoisotopic (exact) mass is 579 g/mol. The molecule has 5 N–H and O–H groups in total. The van der Waals surface area contributed by atoms with Crippen LogP contribution in [0.3, 0.4) is 0 Å². The number of hydrogen-bond acceptors (Lipinski definition) is 6. The van der Waals surface area contributed by atoms with Crippen LogP contribution in [0, 0.1) is 0 Å². The van der Waals surface area contributed by atoms with Gasteiger partial charge in [-0.05, 0) is 59.5 Å². The average molecular weight is 580 g/mol. The highest BCUT2D eigenvalue weighted by atomic mass is 16.5. The van der Waals surface area contributed by atoms with E-state index in [-0.39, 0.29) is 31.2 Å². The van der Waals surface area contributed by atoms with Crippen LogP contribution in [0.4, 0.5) is 0 Å². The van der Waals surface area contributed by atoms with Crippen molar-refractivity contribution in [3.05, 3.63) is 131 Å². The van der Waals surface area contributed by atoms with Crippen LogP contribution in [-0.4, -0.2) is 41.4 Å². The van der Waals surface area contributed by atoms with E-state index < -0.39 is 18.0 Å². The van der Waals surface area contributed by atoms with Gasteiger partial charge in [0.05, 0.1) is 6.61 Å². The summed E-state index contributed by atoms with van der Waals surface area (Å²) in [5.41, 5.74) is 9.62. The molecule has 4 aromatic rings. The molecule has 0 aliphatic heterocycles. The Bertz CT molecular complexity index is 1460. The Balaban J connectivity index is 1.53.